The number of halogens is 1. The minimum absolute atomic E-state index is 0.113. The highest BCUT2D eigenvalue weighted by molar-refractivity contribution is 5.81. The Labute approximate surface area is 183 Å². The molecule has 2 aromatic rings. The number of nitrogens with one attached hydrogen (secondary N) is 1. The van der Waals surface area contributed by atoms with E-state index < -0.39 is 0 Å². The Balaban J connectivity index is 1.28. The van der Waals surface area contributed by atoms with Gasteiger partial charge in [-0.15, -0.1) is 0 Å². The van der Waals surface area contributed by atoms with Gasteiger partial charge in [0.05, 0.1) is 30.6 Å². The Morgan fingerprint density at radius 1 is 1.23 bits per heavy atom. The second-order valence-corrected chi connectivity index (χ2v) is 8.51. The van der Waals surface area contributed by atoms with Gasteiger partial charge in [-0.1, -0.05) is 12.1 Å². The molecule has 0 spiro atoms. The third kappa shape index (κ3) is 5.31. The zero-order chi connectivity index (χ0) is 21.8. The number of aryl methyl sites for hydroxylation is 1. The maximum Gasteiger partial charge on any atom is 0.237 e. The Bertz CT molecular complexity index is 888. The van der Waals surface area contributed by atoms with Crippen molar-refractivity contribution in [3.8, 4) is 11.3 Å². The number of nitrogens with zero attached hydrogens (tertiary/aromatic N) is 4. The van der Waals surface area contributed by atoms with Crippen molar-refractivity contribution in [2.75, 3.05) is 39.4 Å². The number of hydrogen-bond acceptors (Lipinski definition) is 5. The van der Waals surface area contributed by atoms with Gasteiger partial charge in [-0.05, 0) is 38.0 Å². The van der Waals surface area contributed by atoms with Gasteiger partial charge in [-0.2, -0.15) is 5.10 Å². The minimum atomic E-state index is -0.255. The minimum Gasteiger partial charge on any atom is -0.379 e. The smallest absolute Gasteiger partial charge is 0.237 e. The van der Waals surface area contributed by atoms with Crippen molar-refractivity contribution in [1.82, 2.24) is 24.9 Å². The summed E-state index contributed by atoms with van der Waals surface area (Å²) in [5.41, 5.74) is 2.25. The van der Waals surface area contributed by atoms with E-state index in [1.807, 2.05) is 30.8 Å². The predicted molar refractivity (Wildman–Crippen MR) is 117 cm³/mol. The molecule has 2 aliphatic rings. The monoisotopic (exact) mass is 429 g/mol. The second kappa shape index (κ2) is 9.89. The molecule has 168 valence electrons. The number of ether oxygens (including phenoxy) is 1. The van der Waals surface area contributed by atoms with Crippen LogP contribution < -0.4 is 5.32 Å². The van der Waals surface area contributed by atoms with Gasteiger partial charge >= 0.3 is 0 Å². The number of aromatic nitrogens is 2. The Kier molecular flexibility index (Phi) is 6.99. The van der Waals surface area contributed by atoms with Gasteiger partial charge in [0.15, 0.2) is 0 Å². The van der Waals surface area contributed by atoms with E-state index in [9.17, 15) is 9.18 Å². The van der Waals surface area contributed by atoms with Crippen LogP contribution in [0.5, 0.6) is 0 Å². The van der Waals surface area contributed by atoms with Crippen molar-refractivity contribution in [1.29, 1.82) is 0 Å². The number of piperidine rings is 1. The summed E-state index contributed by atoms with van der Waals surface area (Å²) in [7, 11) is 1.90. The van der Waals surface area contributed by atoms with E-state index >= 15 is 0 Å². The van der Waals surface area contributed by atoms with Gasteiger partial charge in [0.1, 0.15) is 5.82 Å². The van der Waals surface area contributed by atoms with Crippen molar-refractivity contribution < 1.29 is 13.9 Å². The molecule has 4 rings (SSSR count). The summed E-state index contributed by atoms with van der Waals surface area (Å²) in [4.78, 5) is 17.2. The van der Waals surface area contributed by atoms with Crippen LogP contribution in [0.1, 0.15) is 25.5 Å². The fourth-order valence-electron chi connectivity index (χ4n) is 4.37. The number of benzene rings is 1. The Morgan fingerprint density at radius 3 is 2.65 bits per heavy atom. The highest BCUT2D eigenvalue weighted by atomic mass is 19.1. The molecule has 7 nitrogen and oxygen atoms in total. The molecule has 3 heterocycles. The van der Waals surface area contributed by atoms with Gasteiger partial charge in [0.2, 0.25) is 5.91 Å². The zero-order valence-electron chi connectivity index (χ0n) is 18.4. The lowest BCUT2D eigenvalue weighted by Gasteiger charge is -2.35. The summed E-state index contributed by atoms with van der Waals surface area (Å²) in [6, 6.07) is 8.80. The zero-order valence-corrected chi connectivity index (χ0v) is 18.4. The summed E-state index contributed by atoms with van der Waals surface area (Å²) in [6.07, 6.45) is 1.86. The molecule has 1 amide bonds. The van der Waals surface area contributed by atoms with E-state index in [1.54, 1.807) is 12.1 Å². The number of rotatable bonds is 6. The van der Waals surface area contributed by atoms with Crippen LogP contribution in [-0.2, 0) is 23.1 Å². The van der Waals surface area contributed by atoms with Crippen LogP contribution >= 0.6 is 0 Å². The lowest BCUT2D eigenvalue weighted by Crippen LogP contribution is -2.53. The van der Waals surface area contributed by atoms with Gasteiger partial charge in [-0.3, -0.25) is 19.3 Å². The number of carbonyl (C=O) groups is 1. The maximum atomic E-state index is 14.1. The maximum absolute atomic E-state index is 14.1. The van der Waals surface area contributed by atoms with Crippen LogP contribution in [0.4, 0.5) is 4.39 Å². The normalized spacial score (nSPS) is 20.0. The van der Waals surface area contributed by atoms with Crippen molar-refractivity contribution in [3.63, 3.8) is 0 Å². The van der Waals surface area contributed by atoms with Crippen molar-refractivity contribution in [2.24, 2.45) is 7.05 Å². The van der Waals surface area contributed by atoms with Crippen LogP contribution in [0.15, 0.2) is 30.3 Å². The summed E-state index contributed by atoms with van der Waals surface area (Å²) in [6.45, 7) is 7.59. The van der Waals surface area contributed by atoms with Crippen LogP contribution in [-0.4, -0.2) is 77.0 Å². The predicted octanol–water partition coefficient (Wildman–Crippen LogP) is 2.03. The van der Waals surface area contributed by atoms with E-state index in [-0.39, 0.29) is 23.8 Å². The van der Waals surface area contributed by atoms with Crippen LogP contribution in [0.3, 0.4) is 0 Å². The van der Waals surface area contributed by atoms with Crippen LogP contribution in [0.25, 0.3) is 11.3 Å². The number of likely N-dealkylation sites (tertiary alicyclic amines) is 1. The number of hydrogen-bond donors (Lipinski definition) is 1. The van der Waals surface area contributed by atoms with E-state index in [0.717, 1.165) is 51.3 Å². The van der Waals surface area contributed by atoms with Crippen molar-refractivity contribution in [2.45, 2.75) is 38.4 Å². The third-order valence-electron chi connectivity index (χ3n) is 6.42. The molecule has 0 bridgehead atoms. The molecule has 0 saturated carbocycles. The summed E-state index contributed by atoms with van der Waals surface area (Å²) >= 11 is 0. The first-order valence-corrected chi connectivity index (χ1v) is 11.1. The molecule has 1 N–H and O–H groups in total. The average molecular weight is 430 g/mol. The topological polar surface area (TPSA) is 62.6 Å². The van der Waals surface area contributed by atoms with Gasteiger partial charge in [-0.25, -0.2) is 4.39 Å². The van der Waals surface area contributed by atoms with Crippen LogP contribution in [0, 0.1) is 5.82 Å². The van der Waals surface area contributed by atoms with E-state index in [4.69, 9.17) is 4.74 Å². The molecule has 2 aliphatic heterocycles. The molecule has 1 aromatic heterocycles. The first-order chi connectivity index (χ1) is 15.0. The largest absolute Gasteiger partial charge is 0.379 e. The van der Waals surface area contributed by atoms with Gasteiger partial charge < -0.3 is 10.1 Å². The first-order valence-electron chi connectivity index (χ1n) is 11.1. The molecule has 1 aromatic carbocycles. The highest BCUT2D eigenvalue weighted by Crippen LogP contribution is 2.23. The highest BCUT2D eigenvalue weighted by Gasteiger charge is 2.27. The quantitative estimate of drug-likeness (QED) is 0.761. The summed E-state index contributed by atoms with van der Waals surface area (Å²) in [5, 5.41) is 7.74. The van der Waals surface area contributed by atoms with Gasteiger partial charge in [0.25, 0.3) is 0 Å². The number of carbonyl (C=O) groups excluding carboxylic acids is 1. The Hall–Kier alpha value is -2.29. The lowest BCUT2D eigenvalue weighted by atomic mass is 10.0. The molecule has 1 atom stereocenters. The molecular weight excluding hydrogens is 397 g/mol. The fraction of sp³-hybridized carbons (Fsp3) is 0.565. The number of morpholine rings is 1. The average Bonchev–Trinajstić information content (AvgIpc) is 3.15. The van der Waals surface area contributed by atoms with E-state index in [1.165, 1.54) is 6.07 Å². The number of amides is 1. The van der Waals surface area contributed by atoms with Crippen molar-refractivity contribution >= 4 is 5.91 Å². The van der Waals surface area contributed by atoms with Crippen LogP contribution in [0.2, 0.25) is 0 Å². The molecular formula is C23H32FN5O2. The summed E-state index contributed by atoms with van der Waals surface area (Å²) < 4.78 is 21.3. The van der Waals surface area contributed by atoms with E-state index in [2.05, 4.69) is 20.2 Å². The third-order valence-corrected chi connectivity index (χ3v) is 6.42. The molecule has 2 saturated heterocycles. The SMILES string of the molecule is C[C@@H](C(=O)NC1CCN(Cc2cc(-c3ccccc3F)nn2C)CC1)N1CCOCC1. The fourth-order valence-corrected chi connectivity index (χ4v) is 4.37. The molecule has 0 unspecified atom stereocenters. The second-order valence-electron chi connectivity index (χ2n) is 8.51. The summed E-state index contributed by atoms with van der Waals surface area (Å²) in [5.74, 6) is -0.142. The Morgan fingerprint density at radius 2 is 1.94 bits per heavy atom. The molecule has 2 fully saturated rings. The van der Waals surface area contributed by atoms with E-state index in [0.29, 0.717) is 24.5 Å². The molecule has 8 heteroatoms. The lowest BCUT2D eigenvalue weighted by molar-refractivity contribution is -0.128. The van der Waals surface area contributed by atoms with Crippen molar-refractivity contribution in [3.05, 3.63) is 41.8 Å². The molecule has 0 radical (unpaired) electrons. The first kappa shape index (κ1) is 21.9. The standard InChI is InChI=1S/C23H32FN5O2/c1-17(29-11-13-31-14-12-29)23(30)25-18-7-9-28(10-8-18)16-19-15-22(26-27(19)2)20-5-3-4-6-21(20)24/h3-6,15,17-18H,7-14,16H2,1-2H3,(H,25,30)/t17-/m0/s1. The van der Waals surface area contributed by atoms with Gasteiger partial charge in [0, 0.05) is 51.4 Å². The molecule has 0 aliphatic carbocycles. The molecule has 31 heavy (non-hydrogen) atoms.